The van der Waals surface area contributed by atoms with E-state index in [0.29, 0.717) is 17.2 Å². The number of carbonyl (C=O) groups excluding carboxylic acids is 1. The summed E-state index contributed by atoms with van der Waals surface area (Å²) in [5.74, 6) is 1.33. The molecule has 7 nitrogen and oxygen atoms in total. The maximum Gasteiger partial charge on any atom is 0.257 e. The third kappa shape index (κ3) is 5.13. The molecule has 0 radical (unpaired) electrons. The molecule has 1 aromatic carbocycles. The average Bonchev–Trinajstić information content (AvgIpc) is 2.75. The fraction of sp³-hybridized carbons (Fsp3) is 0.273. The molecule has 2 aromatic heterocycles. The number of amides is 1. The van der Waals surface area contributed by atoms with Crippen LogP contribution in [0.1, 0.15) is 35.3 Å². The fourth-order valence-corrected chi connectivity index (χ4v) is 3.76. The van der Waals surface area contributed by atoms with Gasteiger partial charge in [-0.1, -0.05) is 0 Å². The molecule has 0 atom stereocenters. The summed E-state index contributed by atoms with van der Waals surface area (Å²) in [6.45, 7) is 4.06. The van der Waals surface area contributed by atoms with Crippen LogP contribution in [0.25, 0.3) is 0 Å². The van der Waals surface area contributed by atoms with Gasteiger partial charge in [0.1, 0.15) is 5.82 Å². The summed E-state index contributed by atoms with van der Waals surface area (Å²) in [5.41, 5.74) is 2.97. The van der Waals surface area contributed by atoms with E-state index in [-0.39, 0.29) is 5.91 Å². The lowest BCUT2D eigenvalue weighted by molar-refractivity contribution is 0.102. The van der Waals surface area contributed by atoms with E-state index in [2.05, 4.69) is 41.4 Å². The van der Waals surface area contributed by atoms with Gasteiger partial charge in [-0.25, -0.2) is 4.98 Å². The molecule has 0 bridgehead atoms. The van der Waals surface area contributed by atoms with Gasteiger partial charge < -0.3 is 15.5 Å². The third-order valence-corrected chi connectivity index (χ3v) is 5.32. The molecule has 2 N–H and O–H groups in total. The first-order valence-electron chi connectivity index (χ1n) is 9.96. The second-order valence-corrected chi connectivity index (χ2v) is 8.20. The van der Waals surface area contributed by atoms with Gasteiger partial charge in [0.05, 0.1) is 5.56 Å². The molecule has 1 amide bonds. The molecule has 8 heteroatoms. The summed E-state index contributed by atoms with van der Waals surface area (Å²) in [6.07, 6.45) is 6.86. The highest BCUT2D eigenvalue weighted by atomic mass is 79.9. The van der Waals surface area contributed by atoms with E-state index in [9.17, 15) is 4.79 Å². The minimum Gasteiger partial charge on any atom is -0.356 e. The standard InChI is InChI=1S/C22H23BrN6O/c1-15-11-20(29-9-3-2-4-10-29)28-22(25-15)27-19-7-5-18(6-8-19)26-21(30)16-12-17(23)14-24-13-16/h5-8,11-14H,2-4,9-10H2,1H3,(H,26,30)(H,25,27,28). The number of halogens is 1. The first kappa shape index (κ1) is 20.3. The molecule has 30 heavy (non-hydrogen) atoms. The van der Waals surface area contributed by atoms with Gasteiger partial charge >= 0.3 is 0 Å². The van der Waals surface area contributed by atoms with Crippen LogP contribution in [0.4, 0.5) is 23.1 Å². The van der Waals surface area contributed by atoms with Crippen molar-refractivity contribution in [2.45, 2.75) is 26.2 Å². The summed E-state index contributed by atoms with van der Waals surface area (Å²) < 4.78 is 0.761. The molecule has 3 aromatic rings. The second kappa shape index (κ2) is 9.21. The van der Waals surface area contributed by atoms with E-state index < -0.39 is 0 Å². The summed E-state index contributed by atoms with van der Waals surface area (Å²) in [4.78, 5) is 27.9. The van der Waals surface area contributed by atoms with Crippen LogP contribution in [-0.2, 0) is 0 Å². The molecule has 154 valence electrons. The van der Waals surface area contributed by atoms with Crippen LogP contribution < -0.4 is 15.5 Å². The maximum absolute atomic E-state index is 12.4. The van der Waals surface area contributed by atoms with Crippen LogP contribution in [-0.4, -0.2) is 33.9 Å². The maximum atomic E-state index is 12.4. The van der Waals surface area contributed by atoms with Gasteiger partial charge in [0.15, 0.2) is 0 Å². The van der Waals surface area contributed by atoms with Crippen LogP contribution in [0.2, 0.25) is 0 Å². The first-order chi connectivity index (χ1) is 14.6. The Morgan fingerprint density at radius 1 is 1.00 bits per heavy atom. The van der Waals surface area contributed by atoms with E-state index in [1.807, 2.05) is 37.3 Å². The number of rotatable bonds is 5. The molecule has 0 unspecified atom stereocenters. The summed E-state index contributed by atoms with van der Waals surface area (Å²) in [7, 11) is 0. The Kier molecular flexibility index (Phi) is 6.23. The van der Waals surface area contributed by atoms with E-state index in [0.717, 1.165) is 34.8 Å². The van der Waals surface area contributed by atoms with Crippen molar-refractivity contribution in [2.75, 3.05) is 28.6 Å². The number of anilines is 4. The zero-order valence-corrected chi connectivity index (χ0v) is 18.3. The highest BCUT2D eigenvalue weighted by molar-refractivity contribution is 9.10. The molecule has 1 aliphatic heterocycles. The minimum atomic E-state index is -0.210. The largest absolute Gasteiger partial charge is 0.356 e. The van der Waals surface area contributed by atoms with Gasteiger partial charge in [0.2, 0.25) is 5.95 Å². The first-order valence-corrected chi connectivity index (χ1v) is 10.8. The highest BCUT2D eigenvalue weighted by Crippen LogP contribution is 2.22. The minimum absolute atomic E-state index is 0.210. The molecule has 3 heterocycles. The van der Waals surface area contributed by atoms with E-state index in [1.165, 1.54) is 25.5 Å². The quantitative estimate of drug-likeness (QED) is 0.554. The van der Waals surface area contributed by atoms with E-state index in [4.69, 9.17) is 4.98 Å². The normalized spacial score (nSPS) is 13.7. The topological polar surface area (TPSA) is 83.0 Å². The number of benzene rings is 1. The van der Waals surface area contributed by atoms with E-state index in [1.54, 1.807) is 12.3 Å². The lowest BCUT2D eigenvalue weighted by atomic mass is 10.1. The lowest BCUT2D eigenvalue weighted by Crippen LogP contribution is -2.30. The zero-order valence-electron chi connectivity index (χ0n) is 16.7. The molecular formula is C22H23BrN6O. The summed E-state index contributed by atoms with van der Waals surface area (Å²) in [5, 5.41) is 6.14. The number of piperidine rings is 1. The second-order valence-electron chi connectivity index (χ2n) is 7.29. The highest BCUT2D eigenvalue weighted by Gasteiger charge is 2.14. The smallest absolute Gasteiger partial charge is 0.257 e. The van der Waals surface area contributed by atoms with Crippen LogP contribution in [0.5, 0.6) is 0 Å². The Labute approximate surface area is 184 Å². The van der Waals surface area contributed by atoms with Crippen molar-refractivity contribution >= 4 is 45.0 Å². The van der Waals surface area contributed by atoms with Crippen molar-refractivity contribution in [3.8, 4) is 0 Å². The lowest BCUT2D eigenvalue weighted by Gasteiger charge is -2.28. The van der Waals surface area contributed by atoms with Gasteiger partial charge in [0.25, 0.3) is 5.91 Å². The average molecular weight is 467 g/mol. The molecular weight excluding hydrogens is 444 g/mol. The summed E-state index contributed by atoms with van der Waals surface area (Å²) in [6, 6.07) is 11.2. The van der Waals surface area contributed by atoms with Gasteiger partial charge in [-0.05, 0) is 72.4 Å². The number of nitrogens with zero attached hydrogens (tertiary/aromatic N) is 4. The van der Waals surface area contributed by atoms with Gasteiger partial charge in [0, 0.05) is 53.1 Å². The third-order valence-electron chi connectivity index (χ3n) is 4.89. The van der Waals surface area contributed by atoms with Crippen molar-refractivity contribution in [3.63, 3.8) is 0 Å². The van der Waals surface area contributed by atoms with Crippen LogP contribution >= 0.6 is 15.9 Å². The van der Waals surface area contributed by atoms with Crippen molar-refractivity contribution in [2.24, 2.45) is 0 Å². The molecule has 1 aliphatic rings. The predicted molar refractivity (Wildman–Crippen MR) is 122 cm³/mol. The number of aromatic nitrogens is 3. The van der Waals surface area contributed by atoms with Gasteiger partial charge in [-0.2, -0.15) is 4.98 Å². The number of hydrogen-bond donors (Lipinski definition) is 2. The Morgan fingerprint density at radius 3 is 2.47 bits per heavy atom. The number of pyridine rings is 1. The van der Waals surface area contributed by atoms with Crippen molar-refractivity contribution < 1.29 is 4.79 Å². The molecule has 0 spiro atoms. The predicted octanol–water partition coefficient (Wildman–Crippen LogP) is 4.93. The number of nitrogens with one attached hydrogen (secondary N) is 2. The van der Waals surface area contributed by atoms with Crippen LogP contribution in [0, 0.1) is 6.92 Å². The van der Waals surface area contributed by atoms with Crippen LogP contribution in [0.15, 0.2) is 53.3 Å². The Hall–Kier alpha value is -3.00. The van der Waals surface area contributed by atoms with E-state index >= 15 is 0 Å². The zero-order chi connectivity index (χ0) is 20.9. The Morgan fingerprint density at radius 2 is 1.73 bits per heavy atom. The molecule has 0 aliphatic carbocycles. The van der Waals surface area contributed by atoms with Gasteiger partial charge in [-0.15, -0.1) is 0 Å². The van der Waals surface area contributed by atoms with Crippen molar-refractivity contribution in [1.29, 1.82) is 0 Å². The summed E-state index contributed by atoms with van der Waals surface area (Å²) >= 11 is 3.33. The van der Waals surface area contributed by atoms with Gasteiger partial charge in [-0.3, -0.25) is 9.78 Å². The Balaban J connectivity index is 1.43. The fourth-order valence-electron chi connectivity index (χ4n) is 3.40. The molecule has 0 saturated carbocycles. The number of hydrogen-bond acceptors (Lipinski definition) is 6. The number of carbonyl (C=O) groups is 1. The SMILES string of the molecule is Cc1cc(N2CCCCC2)nc(Nc2ccc(NC(=O)c3cncc(Br)c3)cc2)n1. The van der Waals surface area contributed by atoms with Crippen LogP contribution in [0.3, 0.4) is 0 Å². The Bertz CT molecular complexity index is 1030. The molecule has 1 fully saturated rings. The molecule has 1 saturated heterocycles. The van der Waals surface area contributed by atoms with Crippen molar-refractivity contribution in [3.05, 3.63) is 64.5 Å². The number of aryl methyl sites for hydroxylation is 1. The molecule has 4 rings (SSSR count). The van der Waals surface area contributed by atoms with Crippen molar-refractivity contribution in [1.82, 2.24) is 15.0 Å². The monoisotopic (exact) mass is 466 g/mol.